The highest BCUT2D eigenvalue weighted by molar-refractivity contribution is 7.80. The van der Waals surface area contributed by atoms with Crippen molar-refractivity contribution < 1.29 is 0 Å². The molecule has 0 saturated carbocycles. The molecule has 0 saturated heterocycles. The van der Waals surface area contributed by atoms with Gasteiger partial charge in [-0.15, -0.1) is 0 Å². The van der Waals surface area contributed by atoms with E-state index in [1.165, 1.54) is 0 Å². The third kappa shape index (κ3) is 5.73. The van der Waals surface area contributed by atoms with Crippen LogP contribution in [0.2, 0.25) is 0 Å². The van der Waals surface area contributed by atoms with Crippen LogP contribution in [0, 0.1) is 0 Å². The van der Waals surface area contributed by atoms with Gasteiger partial charge in [0.15, 0.2) is 0 Å². The van der Waals surface area contributed by atoms with Crippen LogP contribution in [0.3, 0.4) is 0 Å². The quantitative estimate of drug-likeness (QED) is 0.589. The van der Waals surface area contributed by atoms with E-state index in [4.69, 9.17) is 18.0 Å². The first-order valence-electron chi connectivity index (χ1n) is 3.13. The van der Waals surface area contributed by atoms with Crippen molar-refractivity contribution in [1.29, 1.82) is 0 Å². The molecule has 0 unspecified atom stereocenters. The minimum Gasteiger partial charge on any atom is -0.392 e. The summed E-state index contributed by atoms with van der Waals surface area (Å²) >= 11 is 4.72. The molecule has 0 aromatic carbocycles. The van der Waals surface area contributed by atoms with E-state index < -0.39 is 0 Å². The van der Waals surface area contributed by atoms with Crippen LogP contribution in [0.25, 0.3) is 0 Å². The van der Waals surface area contributed by atoms with Crippen LogP contribution in [0.15, 0.2) is 0 Å². The van der Waals surface area contributed by atoms with Gasteiger partial charge < -0.3 is 5.73 Å². The molecule has 0 spiro atoms. The zero-order valence-electron chi connectivity index (χ0n) is 6.05. The second-order valence-electron chi connectivity index (χ2n) is 2.20. The van der Waals surface area contributed by atoms with E-state index >= 15 is 0 Å². The normalized spacial score (nSPS) is 10.1. The van der Waals surface area contributed by atoms with E-state index in [1.54, 1.807) is 0 Å². The van der Waals surface area contributed by atoms with Gasteiger partial charge in [0.1, 0.15) is 0 Å². The monoisotopic (exact) mass is 146 g/mol. The van der Waals surface area contributed by atoms with Crippen molar-refractivity contribution in [3.05, 3.63) is 0 Å². The number of nitrogens with zero attached hydrogens (tertiary/aromatic N) is 1. The van der Waals surface area contributed by atoms with Crippen LogP contribution >= 0.6 is 12.2 Å². The predicted octanol–water partition coefficient (Wildman–Crippen LogP) is 0.614. The molecule has 0 aromatic rings. The number of thiocarbonyl (C=S) groups is 1. The molecule has 0 amide bonds. The minimum absolute atomic E-state index is 0.575. The van der Waals surface area contributed by atoms with Crippen LogP contribution in [0.5, 0.6) is 0 Å². The van der Waals surface area contributed by atoms with Crippen LogP contribution in [-0.2, 0) is 0 Å². The number of nitrogens with two attached hydrogens (primary N) is 1. The molecule has 2 N–H and O–H groups in total. The fraction of sp³-hybridized carbons (Fsp3) is 0.833. The molecule has 54 valence electrons. The van der Waals surface area contributed by atoms with Crippen molar-refractivity contribution in [2.75, 3.05) is 20.1 Å². The van der Waals surface area contributed by atoms with Gasteiger partial charge in [-0.2, -0.15) is 0 Å². The van der Waals surface area contributed by atoms with Crippen molar-refractivity contribution in [1.82, 2.24) is 4.90 Å². The van der Waals surface area contributed by atoms with E-state index in [0.29, 0.717) is 4.99 Å². The standard InChI is InChI=1S/C6H14N2S/c1-3-4-8(2)5-6(7)9/h3-5H2,1-2H3,(H2,7,9). The summed E-state index contributed by atoms with van der Waals surface area (Å²) in [6.07, 6.45) is 1.15. The van der Waals surface area contributed by atoms with Gasteiger partial charge in [0, 0.05) is 6.54 Å². The first-order valence-corrected chi connectivity index (χ1v) is 3.54. The Labute approximate surface area is 62.0 Å². The topological polar surface area (TPSA) is 29.3 Å². The van der Waals surface area contributed by atoms with E-state index in [2.05, 4.69) is 11.8 Å². The SMILES string of the molecule is CCCN(C)CC(N)=S. The molecule has 0 bridgehead atoms. The Bertz CT molecular complexity index is 93.1. The molecule has 0 radical (unpaired) electrons. The second-order valence-corrected chi connectivity index (χ2v) is 2.73. The maximum Gasteiger partial charge on any atom is 0.0869 e. The molecule has 0 fully saturated rings. The van der Waals surface area contributed by atoms with Crippen LogP contribution in [-0.4, -0.2) is 30.0 Å². The molecule has 0 aliphatic heterocycles. The Morgan fingerprint density at radius 2 is 2.22 bits per heavy atom. The average Bonchev–Trinajstić information content (AvgIpc) is 1.63. The first-order chi connectivity index (χ1) is 4.16. The van der Waals surface area contributed by atoms with Crippen molar-refractivity contribution >= 4 is 17.2 Å². The van der Waals surface area contributed by atoms with Crippen LogP contribution in [0.4, 0.5) is 0 Å². The predicted molar refractivity (Wildman–Crippen MR) is 44.6 cm³/mol. The lowest BCUT2D eigenvalue weighted by molar-refractivity contribution is 0.382. The van der Waals surface area contributed by atoms with Gasteiger partial charge in [-0.1, -0.05) is 19.1 Å². The average molecular weight is 146 g/mol. The van der Waals surface area contributed by atoms with Crippen molar-refractivity contribution in [3.63, 3.8) is 0 Å². The number of likely N-dealkylation sites (N-methyl/N-ethyl adjacent to an activating group) is 1. The highest BCUT2D eigenvalue weighted by Gasteiger charge is 1.95. The zero-order valence-corrected chi connectivity index (χ0v) is 6.87. The summed E-state index contributed by atoms with van der Waals surface area (Å²) in [7, 11) is 2.02. The summed E-state index contributed by atoms with van der Waals surface area (Å²) < 4.78 is 0. The maximum atomic E-state index is 5.31. The number of rotatable bonds is 4. The number of hydrogen-bond acceptors (Lipinski definition) is 2. The van der Waals surface area contributed by atoms with Gasteiger partial charge in [0.05, 0.1) is 4.99 Å². The lowest BCUT2D eigenvalue weighted by atomic mass is 10.4. The highest BCUT2D eigenvalue weighted by Crippen LogP contribution is 1.84. The smallest absolute Gasteiger partial charge is 0.0869 e. The van der Waals surface area contributed by atoms with Gasteiger partial charge in [-0.3, -0.25) is 4.90 Å². The maximum absolute atomic E-state index is 5.31. The zero-order chi connectivity index (χ0) is 7.28. The van der Waals surface area contributed by atoms with E-state index in [-0.39, 0.29) is 0 Å². The summed E-state index contributed by atoms with van der Waals surface area (Å²) in [5.41, 5.74) is 5.31. The summed E-state index contributed by atoms with van der Waals surface area (Å²) in [4.78, 5) is 2.69. The Balaban J connectivity index is 3.26. The lowest BCUT2D eigenvalue weighted by Gasteiger charge is -2.13. The molecule has 0 aliphatic rings. The minimum atomic E-state index is 0.575. The van der Waals surface area contributed by atoms with Gasteiger partial charge in [-0.05, 0) is 20.0 Å². The summed E-state index contributed by atoms with van der Waals surface area (Å²) in [6.45, 7) is 3.94. The molecule has 0 heterocycles. The van der Waals surface area contributed by atoms with Crippen molar-refractivity contribution in [2.24, 2.45) is 5.73 Å². The Morgan fingerprint density at radius 1 is 1.67 bits per heavy atom. The Hall–Kier alpha value is -0.150. The molecular formula is C6H14N2S. The molecule has 9 heavy (non-hydrogen) atoms. The van der Waals surface area contributed by atoms with Gasteiger partial charge in [0.2, 0.25) is 0 Å². The van der Waals surface area contributed by atoms with E-state index in [9.17, 15) is 0 Å². The van der Waals surface area contributed by atoms with Gasteiger partial charge in [0.25, 0.3) is 0 Å². The highest BCUT2D eigenvalue weighted by atomic mass is 32.1. The molecule has 0 aromatic heterocycles. The molecular weight excluding hydrogens is 132 g/mol. The third-order valence-electron chi connectivity index (χ3n) is 1.03. The largest absolute Gasteiger partial charge is 0.392 e. The first kappa shape index (κ1) is 8.85. The second kappa shape index (κ2) is 4.70. The summed E-state index contributed by atoms with van der Waals surface area (Å²) in [5, 5.41) is 0. The fourth-order valence-corrected chi connectivity index (χ4v) is 0.947. The van der Waals surface area contributed by atoms with Crippen molar-refractivity contribution in [3.8, 4) is 0 Å². The molecule has 0 aliphatic carbocycles. The van der Waals surface area contributed by atoms with Crippen LogP contribution < -0.4 is 5.73 Å². The third-order valence-corrected chi connectivity index (χ3v) is 1.16. The Kier molecular flexibility index (Phi) is 4.62. The summed E-state index contributed by atoms with van der Waals surface area (Å²) in [6, 6.07) is 0. The van der Waals surface area contributed by atoms with Gasteiger partial charge in [-0.25, -0.2) is 0 Å². The molecule has 3 heteroatoms. The van der Waals surface area contributed by atoms with E-state index in [0.717, 1.165) is 19.5 Å². The molecule has 0 atom stereocenters. The van der Waals surface area contributed by atoms with E-state index in [1.807, 2.05) is 7.05 Å². The van der Waals surface area contributed by atoms with Crippen molar-refractivity contribution in [2.45, 2.75) is 13.3 Å². The molecule has 2 nitrogen and oxygen atoms in total. The lowest BCUT2D eigenvalue weighted by Crippen LogP contribution is -2.29. The fourth-order valence-electron chi connectivity index (χ4n) is 0.727. The van der Waals surface area contributed by atoms with Crippen LogP contribution in [0.1, 0.15) is 13.3 Å². The summed E-state index contributed by atoms with van der Waals surface area (Å²) in [5.74, 6) is 0. The molecule has 0 rings (SSSR count). The number of hydrogen-bond donors (Lipinski definition) is 1. The van der Waals surface area contributed by atoms with Gasteiger partial charge >= 0.3 is 0 Å². The Morgan fingerprint density at radius 3 is 2.56 bits per heavy atom.